The Hall–Kier alpha value is -1.18. The molecule has 0 amide bonds. The molecule has 4 rings (SSSR count). The van der Waals surface area contributed by atoms with Gasteiger partial charge in [0.15, 0.2) is 0 Å². The quantitative estimate of drug-likeness (QED) is 0.493. The lowest BCUT2D eigenvalue weighted by Crippen LogP contribution is -2.44. The minimum absolute atomic E-state index is 0.757. The fourth-order valence-electron chi connectivity index (χ4n) is 6.63. The first-order valence-corrected chi connectivity index (χ1v) is 9.33. The molecule has 4 aliphatic carbocycles. The number of fused-ring (bicyclic) bond motifs is 5. The Labute approximate surface area is 135 Å². The predicted octanol–water partition coefficient (Wildman–Crippen LogP) is 5.83. The largest absolute Gasteiger partial charge is 0.129 e. The van der Waals surface area contributed by atoms with Crippen LogP contribution in [0.25, 0.3) is 0 Å². The van der Waals surface area contributed by atoms with E-state index in [9.17, 15) is 0 Å². The molecule has 4 fully saturated rings. The van der Waals surface area contributed by atoms with Crippen molar-refractivity contribution in [2.45, 2.75) is 57.8 Å². The van der Waals surface area contributed by atoms with Gasteiger partial charge in [0, 0.05) is 6.42 Å². The second kappa shape index (κ2) is 5.79. The lowest BCUT2D eigenvalue weighted by molar-refractivity contribution is 0.00381. The van der Waals surface area contributed by atoms with Gasteiger partial charge in [-0.25, -0.2) is 0 Å². The molecule has 0 heteroatoms. The summed E-state index contributed by atoms with van der Waals surface area (Å²) in [5.41, 5.74) is 12.3. The van der Waals surface area contributed by atoms with Crippen molar-refractivity contribution in [1.29, 1.82) is 0 Å². The Morgan fingerprint density at radius 3 is 2.45 bits per heavy atom. The van der Waals surface area contributed by atoms with Crippen LogP contribution < -0.4 is 0 Å². The van der Waals surface area contributed by atoms with Crippen LogP contribution in [-0.2, 0) is 0 Å². The van der Waals surface area contributed by atoms with Crippen LogP contribution in [0.3, 0.4) is 0 Å². The van der Waals surface area contributed by atoms with Gasteiger partial charge in [0.2, 0.25) is 0 Å². The Kier molecular flexibility index (Phi) is 3.79. The number of hydrogen-bond donors (Lipinski definition) is 0. The molecular weight excluding hydrogens is 264 g/mol. The average Bonchev–Trinajstić information content (AvgIpc) is 3.03. The summed E-state index contributed by atoms with van der Waals surface area (Å²) in [6.45, 7) is 7.72. The minimum Gasteiger partial charge on any atom is -0.129 e. The van der Waals surface area contributed by atoms with Crippen LogP contribution in [0.15, 0.2) is 41.5 Å². The van der Waals surface area contributed by atoms with Crippen LogP contribution in [0.1, 0.15) is 57.8 Å². The van der Waals surface area contributed by atoms with E-state index in [1.54, 1.807) is 0 Å². The van der Waals surface area contributed by atoms with Gasteiger partial charge in [-0.1, -0.05) is 30.9 Å². The van der Waals surface area contributed by atoms with Gasteiger partial charge in [0.25, 0.3) is 0 Å². The van der Waals surface area contributed by atoms with Crippen molar-refractivity contribution in [2.24, 2.45) is 35.5 Å². The molecule has 0 nitrogen and oxygen atoms in total. The lowest BCUT2D eigenvalue weighted by Gasteiger charge is -2.52. The molecule has 22 heavy (non-hydrogen) atoms. The molecule has 0 aromatic rings. The number of allylic oxidation sites excluding steroid dienone is 2. The van der Waals surface area contributed by atoms with E-state index in [1.807, 2.05) is 0 Å². The topological polar surface area (TPSA) is 0 Å². The maximum atomic E-state index is 3.99. The standard InChI is InChI=1S/C22H28/c1-3-6-15-13-16(4-2)19-11-12-20-18-8-5-7-17(18)9-10-21(20)22(19)14-15/h17-22H,1-2,5,7-14H2. The Morgan fingerprint density at radius 2 is 1.64 bits per heavy atom. The molecular formula is C22H28. The first kappa shape index (κ1) is 14.4. The van der Waals surface area contributed by atoms with Gasteiger partial charge in [-0.05, 0) is 91.8 Å². The average molecular weight is 292 g/mol. The first-order chi connectivity index (χ1) is 10.8. The summed E-state index contributed by atoms with van der Waals surface area (Å²) in [5.74, 6) is 5.67. The lowest BCUT2D eigenvalue weighted by atomic mass is 9.52. The summed E-state index contributed by atoms with van der Waals surface area (Å²) < 4.78 is 0. The monoisotopic (exact) mass is 292 g/mol. The highest BCUT2D eigenvalue weighted by atomic mass is 14.5. The molecule has 6 unspecified atom stereocenters. The van der Waals surface area contributed by atoms with Crippen LogP contribution in [-0.4, -0.2) is 0 Å². The van der Waals surface area contributed by atoms with E-state index < -0.39 is 0 Å². The van der Waals surface area contributed by atoms with Gasteiger partial charge in [0.1, 0.15) is 0 Å². The third-order valence-electron chi connectivity index (χ3n) is 7.39. The zero-order valence-corrected chi connectivity index (χ0v) is 13.7. The summed E-state index contributed by atoms with van der Waals surface area (Å²) in [4.78, 5) is 0. The smallest absolute Gasteiger partial charge is 0.00533 e. The van der Waals surface area contributed by atoms with E-state index in [-0.39, 0.29) is 0 Å². The minimum atomic E-state index is 0.757. The highest BCUT2D eigenvalue weighted by Crippen LogP contribution is 2.59. The molecule has 116 valence electrons. The van der Waals surface area contributed by atoms with Crippen LogP contribution in [0, 0.1) is 35.5 Å². The second-order valence-electron chi connectivity index (χ2n) is 8.10. The molecule has 0 bridgehead atoms. The highest BCUT2D eigenvalue weighted by Gasteiger charge is 2.49. The molecule has 0 spiro atoms. The maximum Gasteiger partial charge on any atom is 0.00533 e. The summed E-state index contributed by atoms with van der Waals surface area (Å²) in [6, 6.07) is 0. The predicted molar refractivity (Wildman–Crippen MR) is 91.3 cm³/mol. The highest BCUT2D eigenvalue weighted by molar-refractivity contribution is 5.24. The second-order valence-corrected chi connectivity index (χ2v) is 8.10. The molecule has 0 radical (unpaired) electrons. The van der Waals surface area contributed by atoms with Gasteiger partial charge in [-0.2, -0.15) is 0 Å². The van der Waals surface area contributed by atoms with Crippen LogP contribution in [0.2, 0.25) is 0 Å². The van der Waals surface area contributed by atoms with E-state index in [0.717, 1.165) is 41.9 Å². The van der Waals surface area contributed by atoms with Crippen molar-refractivity contribution in [3.8, 4) is 0 Å². The van der Waals surface area contributed by atoms with E-state index >= 15 is 0 Å². The summed E-state index contributed by atoms with van der Waals surface area (Å²) >= 11 is 0. The van der Waals surface area contributed by atoms with Crippen molar-refractivity contribution >= 4 is 0 Å². The summed E-state index contributed by atoms with van der Waals surface area (Å²) in [6.07, 6.45) is 12.6. The van der Waals surface area contributed by atoms with Gasteiger partial charge in [0.05, 0.1) is 0 Å². The molecule has 0 heterocycles. The van der Waals surface area contributed by atoms with Crippen LogP contribution in [0.5, 0.6) is 0 Å². The van der Waals surface area contributed by atoms with Crippen molar-refractivity contribution in [3.05, 3.63) is 41.5 Å². The van der Waals surface area contributed by atoms with Crippen LogP contribution >= 0.6 is 0 Å². The van der Waals surface area contributed by atoms with E-state index in [1.165, 1.54) is 62.5 Å². The summed E-state index contributed by atoms with van der Waals surface area (Å²) in [5, 5.41) is 0. The van der Waals surface area contributed by atoms with Crippen molar-refractivity contribution in [2.75, 3.05) is 0 Å². The van der Waals surface area contributed by atoms with E-state index in [0.29, 0.717) is 0 Å². The van der Waals surface area contributed by atoms with E-state index in [2.05, 4.69) is 30.4 Å². The van der Waals surface area contributed by atoms with Gasteiger partial charge < -0.3 is 0 Å². The van der Waals surface area contributed by atoms with Gasteiger partial charge in [-0.3, -0.25) is 0 Å². The summed E-state index contributed by atoms with van der Waals surface area (Å²) in [7, 11) is 0. The fraction of sp³-hybridized carbons (Fsp3) is 0.682. The Morgan fingerprint density at radius 1 is 0.818 bits per heavy atom. The van der Waals surface area contributed by atoms with Crippen LogP contribution in [0.4, 0.5) is 0 Å². The molecule has 0 N–H and O–H groups in total. The fourth-order valence-corrected chi connectivity index (χ4v) is 6.63. The molecule has 0 saturated heterocycles. The molecule has 6 atom stereocenters. The normalized spacial score (nSPS) is 43.3. The first-order valence-electron chi connectivity index (χ1n) is 9.33. The van der Waals surface area contributed by atoms with Gasteiger partial charge in [-0.15, -0.1) is 5.73 Å². The Balaban J connectivity index is 1.66. The molecule has 0 aromatic carbocycles. The third kappa shape index (κ3) is 2.23. The zero-order valence-electron chi connectivity index (χ0n) is 13.7. The molecule has 0 aliphatic heterocycles. The van der Waals surface area contributed by atoms with Gasteiger partial charge >= 0.3 is 0 Å². The van der Waals surface area contributed by atoms with Crippen molar-refractivity contribution in [3.63, 3.8) is 0 Å². The molecule has 0 aromatic heterocycles. The van der Waals surface area contributed by atoms with Crippen molar-refractivity contribution in [1.82, 2.24) is 0 Å². The van der Waals surface area contributed by atoms with Crippen molar-refractivity contribution < 1.29 is 0 Å². The number of hydrogen-bond acceptors (Lipinski definition) is 0. The third-order valence-corrected chi connectivity index (χ3v) is 7.39. The molecule has 4 saturated carbocycles. The SMILES string of the molecule is C=C=C=C1CC(=C=C)C2CCC3C4CCCC4CCC3C2C1. The Bertz CT molecular complexity index is 590. The zero-order chi connectivity index (χ0) is 15.1. The molecule has 4 aliphatic rings. The van der Waals surface area contributed by atoms with E-state index in [4.69, 9.17) is 0 Å². The number of rotatable bonds is 0. The maximum absolute atomic E-state index is 3.99.